The second-order valence-corrected chi connectivity index (χ2v) is 10.3. The van der Waals surface area contributed by atoms with Gasteiger partial charge in [-0.15, -0.1) is 10.2 Å². The summed E-state index contributed by atoms with van der Waals surface area (Å²) in [5, 5.41) is 18.7. The second-order valence-electron chi connectivity index (χ2n) is 8.34. The molecular formula is C23H27N5O4S. The zero-order valence-corrected chi connectivity index (χ0v) is 19.7. The average Bonchev–Trinajstić information content (AvgIpc) is 3.11. The first-order valence-electron chi connectivity index (χ1n) is 10.7. The van der Waals surface area contributed by atoms with Crippen molar-refractivity contribution in [2.75, 3.05) is 32.7 Å². The summed E-state index contributed by atoms with van der Waals surface area (Å²) in [6.07, 6.45) is 0. The van der Waals surface area contributed by atoms with Gasteiger partial charge in [0.15, 0.2) is 5.69 Å². The maximum Gasteiger partial charge on any atom is 0.278 e. The van der Waals surface area contributed by atoms with Crippen molar-refractivity contribution in [3.63, 3.8) is 0 Å². The number of hydrogen-bond donors (Lipinski definition) is 2. The molecule has 0 aliphatic carbocycles. The SMILES string of the molecule is Cc1ccc(S(=O)(=O)N2CCN(CC(=O)N=Nc3c(O)[nH]c4c(C)c(C)ccc34)CC2)cc1. The monoisotopic (exact) mass is 469 g/mol. The number of benzene rings is 2. The second kappa shape index (κ2) is 9.05. The van der Waals surface area contributed by atoms with Gasteiger partial charge in [-0.1, -0.05) is 29.8 Å². The maximum absolute atomic E-state index is 12.8. The number of carbonyl (C=O) groups is 1. The predicted molar refractivity (Wildman–Crippen MR) is 125 cm³/mol. The summed E-state index contributed by atoms with van der Waals surface area (Å²) in [7, 11) is -3.55. The third-order valence-electron chi connectivity index (χ3n) is 6.07. The minimum Gasteiger partial charge on any atom is -0.493 e. The highest BCUT2D eigenvalue weighted by Crippen LogP contribution is 2.37. The Balaban J connectivity index is 1.38. The molecule has 1 aromatic heterocycles. The summed E-state index contributed by atoms with van der Waals surface area (Å²) in [4.78, 5) is 17.4. The van der Waals surface area contributed by atoms with Crippen LogP contribution in [0.15, 0.2) is 51.5 Å². The lowest BCUT2D eigenvalue weighted by Crippen LogP contribution is -2.49. The number of nitrogens with one attached hydrogen (secondary N) is 1. The highest BCUT2D eigenvalue weighted by atomic mass is 32.2. The van der Waals surface area contributed by atoms with E-state index in [1.54, 1.807) is 24.3 Å². The van der Waals surface area contributed by atoms with Crippen LogP contribution in [0.25, 0.3) is 10.9 Å². The third kappa shape index (κ3) is 4.68. The van der Waals surface area contributed by atoms with E-state index in [1.807, 2.05) is 37.8 Å². The minimum atomic E-state index is -3.55. The molecule has 3 aromatic rings. The van der Waals surface area contributed by atoms with Gasteiger partial charge in [0, 0.05) is 31.6 Å². The molecule has 1 saturated heterocycles. The summed E-state index contributed by atoms with van der Waals surface area (Å²) in [5.41, 5.74) is 4.06. The number of H-pyrrole nitrogens is 1. The van der Waals surface area contributed by atoms with Gasteiger partial charge in [0.1, 0.15) is 0 Å². The van der Waals surface area contributed by atoms with E-state index >= 15 is 0 Å². The van der Waals surface area contributed by atoms with Crippen LogP contribution in [0.5, 0.6) is 5.88 Å². The maximum atomic E-state index is 12.8. The van der Waals surface area contributed by atoms with Crippen molar-refractivity contribution in [3.8, 4) is 5.88 Å². The Morgan fingerprint density at radius 3 is 2.36 bits per heavy atom. The molecule has 174 valence electrons. The number of fused-ring (bicyclic) bond motifs is 1. The largest absolute Gasteiger partial charge is 0.493 e. The van der Waals surface area contributed by atoms with Crippen LogP contribution >= 0.6 is 0 Å². The Morgan fingerprint density at radius 2 is 1.70 bits per heavy atom. The molecule has 4 rings (SSSR count). The topological polar surface area (TPSA) is 118 Å². The lowest BCUT2D eigenvalue weighted by molar-refractivity contribution is -0.119. The molecule has 0 radical (unpaired) electrons. The highest BCUT2D eigenvalue weighted by molar-refractivity contribution is 7.89. The lowest BCUT2D eigenvalue weighted by Gasteiger charge is -2.33. The summed E-state index contributed by atoms with van der Waals surface area (Å²) in [6.45, 7) is 7.29. The molecule has 2 aromatic carbocycles. The first-order chi connectivity index (χ1) is 15.7. The molecule has 0 atom stereocenters. The molecule has 1 amide bonds. The van der Waals surface area contributed by atoms with Gasteiger partial charge in [-0.2, -0.15) is 4.31 Å². The van der Waals surface area contributed by atoms with Crippen LogP contribution < -0.4 is 0 Å². The van der Waals surface area contributed by atoms with E-state index in [1.165, 1.54) is 4.31 Å². The molecule has 9 nitrogen and oxygen atoms in total. The number of carbonyl (C=O) groups excluding carboxylic acids is 1. The molecule has 0 bridgehead atoms. The van der Waals surface area contributed by atoms with Crippen molar-refractivity contribution in [2.45, 2.75) is 25.7 Å². The number of azo groups is 1. The molecule has 1 aliphatic heterocycles. The normalized spacial score (nSPS) is 16.1. The van der Waals surface area contributed by atoms with Crippen LogP contribution in [0.2, 0.25) is 0 Å². The van der Waals surface area contributed by atoms with Gasteiger partial charge in [0.2, 0.25) is 15.9 Å². The first-order valence-corrected chi connectivity index (χ1v) is 12.2. The van der Waals surface area contributed by atoms with E-state index in [0.29, 0.717) is 31.6 Å². The number of amides is 1. The number of nitrogens with zero attached hydrogens (tertiary/aromatic N) is 4. The van der Waals surface area contributed by atoms with Crippen molar-refractivity contribution in [2.24, 2.45) is 10.2 Å². The highest BCUT2D eigenvalue weighted by Gasteiger charge is 2.29. The smallest absolute Gasteiger partial charge is 0.278 e. The molecule has 1 fully saturated rings. The number of aromatic nitrogens is 1. The standard InChI is InChI=1S/C23H27N5O4S/c1-15-4-7-18(8-5-15)33(31,32)28-12-10-27(11-13-28)14-20(29)25-26-22-19-9-6-16(2)17(3)21(19)24-23(22)30/h4-9,24,30H,10-14H2,1-3H3. The van der Waals surface area contributed by atoms with Gasteiger partial charge >= 0.3 is 0 Å². The molecule has 33 heavy (non-hydrogen) atoms. The van der Waals surface area contributed by atoms with Crippen molar-refractivity contribution in [3.05, 3.63) is 53.1 Å². The summed E-state index contributed by atoms with van der Waals surface area (Å²) in [5.74, 6) is -0.590. The van der Waals surface area contributed by atoms with E-state index in [2.05, 4.69) is 15.2 Å². The quantitative estimate of drug-likeness (QED) is 0.555. The van der Waals surface area contributed by atoms with Gasteiger partial charge in [-0.3, -0.25) is 9.69 Å². The number of piperazine rings is 1. The fourth-order valence-corrected chi connectivity index (χ4v) is 5.32. The molecular weight excluding hydrogens is 442 g/mol. The molecule has 0 spiro atoms. The molecule has 1 aliphatic rings. The van der Waals surface area contributed by atoms with E-state index in [4.69, 9.17) is 0 Å². The number of aryl methyl sites for hydroxylation is 3. The molecule has 0 unspecified atom stereocenters. The van der Waals surface area contributed by atoms with Gasteiger partial charge in [-0.25, -0.2) is 8.42 Å². The molecule has 2 heterocycles. The van der Waals surface area contributed by atoms with Crippen molar-refractivity contribution in [1.82, 2.24) is 14.2 Å². The van der Waals surface area contributed by atoms with E-state index < -0.39 is 15.9 Å². The Bertz CT molecular complexity index is 1320. The third-order valence-corrected chi connectivity index (χ3v) is 7.98. The zero-order chi connectivity index (χ0) is 23.8. The zero-order valence-electron chi connectivity index (χ0n) is 18.9. The number of hydrogen-bond acceptors (Lipinski definition) is 6. The summed E-state index contributed by atoms with van der Waals surface area (Å²) >= 11 is 0. The fourth-order valence-electron chi connectivity index (χ4n) is 3.90. The molecule has 2 N–H and O–H groups in total. The molecule has 0 saturated carbocycles. The van der Waals surface area contributed by atoms with Crippen molar-refractivity contribution >= 4 is 32.5 Å². The van der Waals surface area contributed by atoms with Crippen LogP contribution in [0.3, 0.4) is 0 Å². The van der Waals surface area contributed by atoms with Gasteiger partial charge in [-0.05, 0) is 44.0 Å². The van der Waals surface area contributed by atoms with Crippen molar-refractivity contribution in [1.29, 1.82) is 0 Å². The van der Waals surface area contributed by atoms with E-state index in [-0.39, 0.29) is 23.0 Å². The van der Waals surface area contributed by atoms with E-state index in [0.717, 1.165) is 22.2 Å². The van der Waals surface area contributed by atoms with E-state index in [9.17, 15) is 18.3 Å². The fraction of sp³-hybridized carbons (Fsp3) is 0.348. The number of aromatic amines is 1. The Kier molecular flexibility index (Phi) is 6.33. The van der Waals surface area contributed by atoms with Crippen LogP contribution in [0.4, 0.5) is 5.69 Å². The lowest BCUT2D eigenvalue weighted by atomic mass is 10.1. The van der Waals surface area contributed by atoms with Crippen LogP contribution in [-0.2, 0) is 14.8 Å². The van der Waals surface area contributed by atoms with Gasteiger partial charge < -0.3 is 10.1 Å². The Labute approximate surface area is 192 Å². The van der Waals surface area contributed by atoms with Crippen LogP contribution in [0, 0.1) is 20.8 Å². The number of sulfonamides is 1. The summed E-state index contributed by atoms with van der Waals surface area (Å²) in [6, 6.07) is 10.5. The number of rotatable bonds is 5. The van der Waals surface area contributed by atoms with Crippen LogP contribution in [0.1, 0.15) is 16.7 Å². The first kappa shape index (κ1) is 23.1. The van der Waals surface area contributed by atoms with Crippen molar-refractivity contribution < 1.29 is 18.3 Å². The molecule has 10 heteroatoms. The van der Waals surface area contributed by atoms with Gasteiger partial charge in [0.05, 0.1) is 17.0 Å². The summed E-state index contributed by atoms with van der Waals surface area (Å²) < 4.78 is 27.1. The Hall–Kier alpha value is -3.08. The minimum absolute atomic E-state index is 0.0309. The van der Waals surface area contributed by atoms with Crippen LogP contribution in [-0.4, -0.2) is 66.3 Å². The predicted octanol–water partition coefficient (Wildman–Crippen LogP) is 3.42. The number of aromatic hydroxyl groups is 1. The van der Waals surface area contributed by atoms with Gasteiger partial charge in [0.25, 0.3) is 5.91 Å². The Morgan fingerprint density at radius 1 is 1.03 bits per heavy atom. The average molecular weight is 470 g/mol.